The van der Waals surface area contributed by atoms with Crippen molar-refractivity contribution in [2.45, 2.75) is 6.42 Å². The second-order valence-corrected chi connectivity index (χ2v) is 0.834. The Hall–Kier alpha value is -0.570. The molecule has 1 atom stereocenters. The normalized spacial score (nSPS) is 15.8. The fraction of sp³-hybridized carbons (Fsp3) is 0.667. The molecule has 0 heterocycles. The van der Waals surface area contributed by atoms with Gasteiger partial charge in [-0.25, -0.2) is 0 Å². The number of carboxylic acids is 1. The Kier molecular flexibility index (Phi) is 1.60. The van der Waals surface area contributed by atoms with Crippen molar-refractivity contribution in [2.75, 3.05) is 6.52 Å². The second kappa shape index (κ2) is 2.66. The zero-order chi connectivity index (χ0) is 5.86. The van der Waals surface area contributed by atoms with Crippen molar-refractivity contribution in [3.63, 3.8) is 0 Å². The average molecular weight is 90.1 g/mol. The van der Waals surface area contributed by atoms with Crippen LogP contribution in [0.4, 0.5) is 0 Å². The molecule has 0 aromatic carbocycles. The minimum Gasteiger partial charge on any atom is -0.481 e. The van der Waals surface area contributed by atoms with E-state index in [1.807, 2.05) is 0 Å². The lowest BCUT2D eigenvalue weighted by molar-refractivity contribution is -0.136. The van der Waals surface area contributed by atoms with Gasteiger partial charge < -0.3 is 10.8 Å². The van der Waals surface area contributed by atoms with Crippen LogP contribution in [0.2, 0.25) is 0 Å². The summed E-state index contributed by atoms with van der Waals surface area (Å²) in [6, 6.07) is 0. The van der Waals surface area contributed by atoms with E-state index in [2.05, 4.69) is 0 Å². The Morgan fingerprint density at radius 3 is 2.67 bits per heavy atom. The van der Waals surface area contributed by atoms with Gasteiger partial charge in [0.05, 0.1) is 6.42 Å². The molecule has 0 aliphatic rings. The number of hydrogen-bond donors (Lipinski definition) is 2. The van der Waals surface area contributed by atoms with Crippen LogP contribution in [-0.2, 0) is 4.79 Å². The van der Waals surface area contributed by atoms with E-state index in [4.69, 9.17) is 12.2 Å². The summed E-state index contributed by atoms with van der Waals surface area (Å²) >= 11 is 0. The predicted octanol–water partition coefficient (Wildman–Crippen LogP) is -0.580. The van der Waals surface area contributed by atoms with Gasteiger partial charge in [-0.05, 0) is 0 Å². The summed E-state index contributed by atoms with van der Waals surface area (Å²) in [6.07, 6.45) is -0.278. The number of aliphatic carboxylic acids is 1. The highest BCUT2D eigenvalue weighted by Gasteiger charge is 1.87. The van der Waals surface area contributed by atoms with Crippen molar-refractivity contribution in [2.24, 2.45) is 5.73 Å². The Morgan fingerprint density at radius 2 is 2.67 bits per heavy atom. The molecule has 0 fully saturated rings. The van der Waals surface area contributed by atoms with E-state index >= 15 is 0 Å². The third-order valence-corrected chi connectivity index (χ3v) is 0.292. The second-order valence-electron chi connectivity index (χ2n) is 0.834. The number of hydrogen-bond acceptors (Lipinski definition) is 2. The van der Waals surface area contributed by atoms with Gasteiger partial charge in [-0.15, -0.1) is 0 Å². The van der Waals surface area contributed by atoms with E-state index in [1.54, 1.807) is 0 Å². The molecule has 0 saturated carbocycles. The fourth-order valence-corrected chi connectivity index (χ4v) is 0.101. The topological polar surface area (TPSA) is 63.3 Å². The molecule has 0 amide bonds. The predicted molar refractivity (Wildman–Crippen MR) is 21.3 cm³/mol. The van der Waals surface area contributed by atoms with Crippen molar-refractivity contribution in [1.82, 2.24) is 0 Å². The minimum atomic E-state index is -1.03. The lowest BCUT2D eigenvalue weighted by atomic mass is 10.5. The standard InChI is InChI=1S/C3H7NO2/c4-2-1-3(5)6/h1-2,4H2,(H,5,6)/i2D/t2-/m1/s1. The molecule has 3 heteroatoms. The smallest absolute Gasteiger partial charge is 0.304 e. The highest BCUT2D eigenvalue weighted by atomic mass is 16.4. The third kappa shape index (κ3) is 3.43. The van der Waals surface area contributed by atoms with Crippen molar-refractivity contribution >= 4 is 5.97 Å². The van der Waals surface area contributed by atoms with Gasteiger partial charge in [-0.2, -0.15) is 0 Å². The molecule has 0 bridgehead atoms. The van der Waals surface area contributed by atoms with Crippen molar-refractivity contribution in [3.8, 4) is 0 Å². The molecular weight excluding hydrogens is 82.0 g/mol. The maximum Gasteiger partial charge on any atom is 0.304 e. The van der Waals surface area contributed by atoms with Crippen LogP contribution in [0.15, 0.2) is 0 Å². The average Bonchev–Trinajstić information content (AvgIpc) is 1.27. The summed E-state index contributed by atoms with van der Waals surface area (Å²) in [7, 11) is 0. The molecule has 0 rings (SSSR count). The first-order valence-corrected chi connectivity index (χ1v) is 1.52. The molecule has 0 saturated heterocycles. The molecule has 0 spiro atoms. The molecule has 3 N–H and O–H groups in total. The first kappa shape index (κ1) is 3.61. The molecule has 0 aliphatic carbocycles. The van der Waals surface area contributed by atoms with Crippen LogP contribution in [0.5, 0.6) is 0 Å². The Balaban J connectivity index is 3.13. The quantitative estimate of drug-likeness (QED) is 0.476. The number of nitrogens with two attached hydrogens (primary N) is 1. The highest BCUT2D eigenvalue weighted by Crippen LogP contribution is 1.67. The molecule has 0 aliphatic heterocycles. The van der Waals surface area contributed by atoms with E-state index in [0.717, 1.165) is 0 Å². The largest absolute Gasteiger partial charge is 0.481 e. The van der Waals surface area contributed by atoms with Crippen LogP contribution in [0, 0.1) is 0 Å². The lowest BCUT2D eigenvalue weighted by Crippen LogP contribution is -2.05. The zero-order valence-electron chi connectivity index (χ0n) is 4.22. The summed E-state index contributed by atoms with van der Waals surface area (Å²) in [5.41, 5.74) is 4.78. The number of carbonyl (C=O) groups is 1. The van der Waals surface area contributed by atoms with Crippen LogP contribution < -0.4 is 5.73 Å². The molecular formula is C3H7NO2. The molecule has 3 nitrogen and oxygen atoms in total. The van der Waals surface area contributed by atoms with Crippen LogP contribution in [-0.4, -0.2) is 17.6 Å². The molecule has 36 valence electrons. The van der Waals surface area contributed by atoms with E-state index in [1.165, 1.54) is 0 Å². The van der Waals surface area contributed by atoms with E-state index in [0.29, 0.717) is 0 Å². The Labute approximate surface area is 37.2 Å². The van der Waals surface area contributed by atoms with Crippen molar-refractivity contribution < 1.29 is 11.3 Å². The van der Waals surface area contributed by atoms with Gasteiger partial charge in [0.25, 0.3) is 0 Å². The Morgan fingerprint density at radius 1 is 2.17 bits per heavy atom. The van der Waals surface area contributed by atoms with Gasteiger partial charge in [0.1, 0.15) is 0 Å². The first-order valence-electron chi connectivity index (χ1n) is 2.10. The minimum absolute atomic E-state index is 0.278. The molecule has 0 aromatic rings. The van der Waals surface area contributed by atoms with Crippen LogP contribution in [0.1, 0.15) is 7.79 Å². The molecule has 0 unspecified atom stereocenters. The molecule has 0 radical (unpaired) electrons. The van der Waals surface area contributed by atoms with Gasteiger partial charge in [0.2, 0.25) is 0 Å². The van der Waals surface area contributed by atoms with Crippen molar-refractivity contribution in [3.05, 3.63) is 0 Å². The summed E-state index contributed by atoms with van der Waals surface area (Å²) < 4.78 is 6.50. The summed E-state index contributed by atoms with van der Waals surface area (Å²) in [5, 5.41) is 7.88. The lowest BCUT2D eigenvalue weighted by Gasteiger charge is -1.80. The van der Waals surface area contributed by atoms with Gasteiger partial charge in [-0.1, -0.05) is 0 Å². The van der Waals surface area contributed by atoms with Crippen LogP contribution >= 0.6 is 0 Å². The zero-order valence-corrected chi connectivity index (χ0v) is 3.22. The third-order valence-electron chi connectivity index (χ3n) is 0.292. The van der Waals surface area contributed by atoms with Crippen molar-refractivity contribution in [1.29, 1.82) is 0 Å². The van der Waals surface area contributed by atoms with Gasteiger partial charge in [-0.3, -0.25) is 4.79 Å². The molecule has 0 aromatic heterocycles. The van der Waals surface area contributed by atoms with E-state index in [9.17, 15) is 4.79 Å². The summed E-state index contributed by atoms with van der Waals surface area (Å²) in [5.74, 6) is -1.03. The summed E-state index contributed by atoms with van der Waals surface area (Å²) in [6.45, 7) is -0.975. The maximum atomic E-state index is 9.61. The highest BCUT2D eigenvalue weighted by molar-refractivity contribution is 5.66. The SMILES string of the molecule is [2H][C@@H](N)CC(=O)O. The summed E-state index contributed by atoms with van der Waals surface area (Å²) in [4.78, 5) is 9.61. The van der Waals surface area contributed by atoms with E-state index < -0.39 is 12.5 Å². The van der Waals surface area contributed by atoms with Crippen LogP contribution in [0.25, 0.3) is 0 Å². The van der Waals surface area contributed by atoms with E-state index in [-0.39, 0.29) is 6.42 Å². The van der Waals surface area contributed by atoms with Crippen LogP contribution in [0.3, 0.4) is 0 Å². The monoisotopic (exact) mass is 90.1 g/mol. The fourth-order valence-electron chi connectivity index (χ4n) is 0.101. The first-order chi connectivity index (χ1) is 3.13. The number of carboxylic acid groups (broad SMARTS) is 1. The van der Waals surface area contributed by atoms with Gasteiger partial charge in [0.15, 0.2) is 0 Å². The maximum absolute atomic E-state index is 9.61. The van der Waals surface area contributed by atoms with Gasteiger partial charge in [0, 0.05) is 7.89 Å². The Bertz CT molecular complexity index is 73.3. The molecule has 6 heavy (non-hydrogen) atoms. The number of rotatable bonds is 2. The van der Waals surface area contributed by atoms with Gasteiger partial charge >= 0.3 is 5.97 Å².